The first-order valence-electron chi connectivity index (χ1n) is 12.2. The Morgan fingerprint density at radius 3 is 2.27 bits per heavy atom. The molecule has 0 radical (unpaired) electrons. The topological polar surface area (TPSA) is 93.1 Å². The van der Waals surface area contributed by atoms with E-state index < -0.39 is 23.7 Å². The normalized spacial score (nSPS) is 16.6. The van der Waals surface area contributed by atoms with Gasteiger partial charge in [-0.3, -0.25) is 14.5 Å². The molecular weight excluding hydrogens is 470 g/mol. The van der Waals surface area contributed by atoms with Crippen molar-refractivity contribution in [3.63, 3.8) is 0 Å². The fourth-order valence-corrected chi connectivity index (χ4v) is 4.33. The second-order valence-corrected chi connectivity index (χ2v) is 8.68. The molecule has 1 aliphatic rings. The van der Waals surface area contributed by atoms with Crippen LogP contribution in [0.4, 0.5) is 5.69 Å². The van der Waals surface area contributed by atoms with Gasteiger partial charge in [-0.25, -0.2) is 4.79 Å². The predicted octanol–water partition coefficient (Wildman–Crippen LogP) is 5.45. The second-order valence-electron chi connectivity index (χ2n) is 8.68. The molecule has 0 spiro atoms. The molecule has 0 saturated carbocycles. The molecule has 1 amide bonds. The van der Waals surface area contributed by atoms with Crippen LogP contribution in [0.5, 0.6) is 5.75 Å². The highest BCUT2D eigenvalue weighted by Crippen LogP contribution is 2.42. The first-order valence-corrected chi connectivity index (χ1v) is 12.2. The monoisotopic (exact) mass is 499 g/mol. The number of amides is 1. The molecule has 37 heavy (non-hydrogen) atoms. The van der Waals surface area contributed by atoms with Crippen molar-refractivity contribution in [3.05, 3.63) is 101 Å². The van der Waals surface area contributed by atoms with E-state index in [1.54, 1.807) is 36.4 Å². The molecule has 1 saturated heterocycles. The maximum absolute atomic E-state index is 13.4. The highest BCUT2D eigenvalue weighted by atomic mass is 16.5. The van der Waals surface area contributed by atoms with Crippen molar-refractivity contribution in [2.45, 2.75) is 32.7 Å². The van der Waals surface area contributed by atoms with Gasteiger partial charge in [-0.2, -0.15) is 0 Å². The summed E-state index contributed by atoms with van der Waals surface area (Å²) in [4.78, 5) is 40.0. The lowest BCUT2D eigenvalue weighted by atomic mass is 9.94. The van der Waals surface area contributed by atoms with Crippen molar-refractivity contribution in [3.8, 4) is 5.75 Å². The van der Waals surface area contributed by atoms with Crippen LogP contribution in [0.25, 0.3) is 5.76 Å². The van der Waals surface area contributed by atoms with Gasteiger partial charge >= 0.3 is 5.97 Å². The van der Waals surface area contributed by atoms with Gasteiger partial charge in [0.05, 0.1) is 30.9 Å². The molecule has 7 heteroatoms. The van der Waals surface area contributed by atoms with E-state index in [4.69, 9.17) is 9.47 Å². The Balaban J connectivity index is 1.85. The molecule has 4 rings (SSSR count). The fourth-order valence-electron chi connectivity index (χ4n) is 4.33. The van der Waals surface area contributed by atoms with E-state index in [2.05, 4.69) is 0 Å². The van der Waals surface area contributed by atoms with Gasteiger partial charge in [0, 0.05) is 11.3 Å². The number of aliphatic hydroxyl groups is 1. The lowest BCUT2D eigenvalue weighted by Gasteiger charge is -2.25. The van der Waals surface area contributed by atoms with Crippen LogP contribution in [-0.4, -0.2) is 36.5 Å². The summed E-state index contributed by atoms with van der Waals surface area (Å²) < 4.78 is 10.4. The molecule has 0 aromatic heterocycles. The van der Waals surface area contributed by atoms with Crippen LogP contribution in [0, 0.1) is 0 Å². The maximum atomic E-state index is 13.4. The molecule has 1 unspecified atom stereocenters. The predicted molar refractivity (Wildman–Crippen MR) is 141 cm³/mol. The smallest absolute Gasteiger partial charge is 0.337 e. The summed E-state index contributed by atoms with van der Waals surface area (Å²) in [5.41, 5.74) is 2.87. The van der Waals surface area contributed by atoms with Crippen LogP contribution in [0.2, 0.25) is 0 Å². The van der Waals surface area contributed by atoms with E-state index in [-0.39, 0.29) is 11.3 Å². The number of rotatable bonds is 8. The molecular formula is C30H29NO6. The van der Waals surface area contributed by atoms with Crippen LogP contribution in [-0.2, 0) is 20.7 Å². The molecule has 0 aliphatic carbocycles. The van der Waals surface area contributed by atoms with Crippen molar-refractivity contribution < 1.29 is 29.0 Å². The van der Waals surface area contributed by atoms with Crippen molar-refractivity contribution in [1.82, 2.24) is 0 Å². The molecule has 1 N–H and O–H groups in total. The van der Waals surface area contributed by atoms with Crippen LogP contribution < -0.4 is 9.64 Å². The Kier molecular flexibility index (Phi) is 7.72. The number of anilines is 1. The zero-order valence-electron chi connectivity index (χ0n) is 21.1. The van der Waals surface area contributed by atoms with Crippen LogP contribution in [0.15, 0.2) is 78.4 Å². The fraction of sp³-hybridized carbons (Fsp3) is 0.233. The Morgan fingerprint density at radius 1 is 0.946 bits per heavy atom. The Morgan fingerprint density at radius 2 is 1.65 bits per heavy atom. The van der Waals surface area contributed by atoms with Crippen LogP contribution in [0.1, 0.15) is 53.4 Å². The van der Waals surface area contributed by atoms with Crippen molar-refractivity contribution in [1.29, 1.82) is 0 Å². The first-order chi connectivity index (χ1) is 17.9. The summed E-state index contributed by atoms with van der Waals surface area (Å²) in [6, 6.07) is 19.8. The highest BCUT2D eigenvalue weighted by molar-refractivity contribution is 6.51. The number of carbonyl (C=O) groups excluding carboxylic acids is 3. The zero-order chi connectivity index (χ0) is 26.5. The zero-order valence-corrected chi connectivity index (χ0v) is 21.1. The average Bonchev–Trinajstić information content (AvgIpc) is 3.21. The van der Waals surface area contributed by atoms with E-state index in [9.17, 15) is 19.5 Å². The third kappa shape index (κ3) is 5.11. The third-order valence-corrected chi connectivity index (χ3v) is 6.30. The Labute approximate surface area is 215 Å². The van der Waals surface area contributed by atoms with Crippen molar-refractivity contribution in [2.24, 2.45) is 0 Å². The molecule has 0 bridgehead atoms. The molecule has 1 aliphatic heterocycles. The average molecular weight is 500 g/mol. The van der Waals surface area contributed by atoms with Crippen molar-refractivity contribution >= 4 is 29.1 Å². The summed E-state index contributed by atoms with van der Waals surface area (Å²) in [6.07, 6.45) is 1.66. The number of ketones is 1. The number of benzene rings is 3. The van der Waals surface area contributed by atoms with E-state index in [1.807, 2.05) is 38.1 Å². The number of hydrogen-bond donors (Lipinski definition) is 1. The lowest BCUT2D eigenvalue weighted by molar-refractivity contribution is -0.132. The number of esters is 1. The van der Waals surface area contributed by atoms with Gasteiger partial charge in [-0.15, -0.1) is 0 Å². The molecule has 7 nitrogen and oxygen atoms in total. The molecule has 190 valence electrons. The summed E-state index contributed by atoms with van der Waals surface area (Å²) in [7, 11) is 1.29. The minimum absolute atomic E-state index is 0.0149. The largest absolute Gasteiger partial charge is 0.507 e. The van der Waals surface area contributed by atoms with Crippen LogP contribution >= 0.6 is 0 Å². The van der Waals surface area contributed by atoms with E-state index in [1.165, 1.54) is 24.1 Å². The van der Waals surface area contributed by atoms with Gasteiger partial charge in [0.15, 0.2) is 0 Å². The first kappa shape index (κ1) is 25.7. The van der Waals surface area contributed by atoms with Gasteiger partial charge < -0.3 is 14.6 Å². The molecule has 1 fully saturated rings. The van der Waals surface area contributed by atoms with E-state index in [0.29, 0.717) is 34.7 Å². The van der Waals surface area contributed by atoms with E-state index in [0.717, 1.165) is 18.4 Å². The van der Waals surface area contributed by atoms with Gasteiger partial charge in [0.2, 0.25) is 0 Å². The summed E-state index contributed by atoms with van der Waals surface area (Å²) in [5, 5.41) is 11.4. The Hall–Kier alpha value is -4.39. The summed E-state index contributed by atoms with van der Waals surface area (Å²) in [5.74, 6) is -1.79. The number of nitrogens with zero attached hydrogens (tertiary/aromatic N) is 1. The van der Waals surface area contributed by atoms with Gasteiger partial charge in [0.25, 0.3) is 11.7 Å². The summed E-state index contributed by atoms with van der Waals surface area (Å²) >= 11 is 0. The van der Waals surface area contributed by atoms with Gasteiger partial charge in [0.1, 0.15) is 11.5 Å². The standard InChI is InChI=1S/C30H29NO6/c1-4-17-37-24-8-6-7-22(18-24)27(32)25-26(20-11-9-19(5-2)10-12-20)31(29(34)28(25)33)23-15-13-21(14-16-23)30(35)36-3/h6-16,18,26,32H,4-5,17H2,1-3H3/b27-25+. The van der Waals surface area contributed by atoms with E-state index >= 15 is 0 Å². The quantitative estimate of drug-likeness (QED) is 0.192. The summed E-state index contributed by atoms with van der Waals surface area (Å²) in [6.45, 7) is 4.55. The van der Waals surface area contributed by atoms with Gasteiger partial charge in [-0.1, -0.05) is 50.2 Å². The number of ether oxygens (including phenoxy) is 2. The molecule has 3 aromatic rings. The highest BCUT2D eigenvalue weighted by Gasteiger charge is 2.47. The number of hydrogen-bond acceptors (Lipinski definition) is 6. The molecule has 1 heterocycles. The van der Waals surface area contributed by atoms with Gasteiger partial charge in [-0.05, 0) is 60.4 Å². The molecule has 3 aromatic carbocycles. The van der Waals surface area contributed by atoms with Crippen molar-refractivity contribution in [2.75, 3.05) is 18.6 Å². The minimum Gasteiger partial charge on any atom is -0.507 e. The lowest BCUT2D eigenvalue weighted by Crippen LogP contribution is -2.29. The third-order valence-electron chi connectivity index (χ3n) is 6.30. The van der Waals surface area contributed by atoms with Crippen LogP contribution in [0.3, 0.4) is 0 Å². The molecule has 1 atom stereocenters. The minimum atomic E-state index is -0.866. The number of Topliss-reactive ketones (excluding diaryl/α,β-unsaturated/α-hetero) is 1. The number of aryl methyl sites for hydroxylation is 1. The number of aliphatic hydroxyl groups excluding tert-OH is 1. The number of carbonyl (C=O) groups is 3. The SMILES string of the molecule is CCCOc1cccc(/C(O)=C2\C(=O)C(=O)N(c3ccc(C(=O)OC)cc3)C2c2ccc(CC)cc2)c1. The maximum Gasteiger partial charge on any atom is 0.337 e. The Bertz CT molecular complexity index is 1340. The second kappa shape index (κ2) is 11.1. The number of methoxy groups -OCH3 is 1.